The van der Waals surface area contributed by atoms with Gasteiger partial charge >= 0.3 is 0 Å². The molecule has 3 heteroatoms. The average Bonchev–Trinajstić information content (AvgIpc) is 2.33. The number of hydrogen-bond acceptors (Lipinski definition) is 2. The summed E-state index contributed by atoms with van der Waals surface area (Å²) in [5, 5.41) is 2.85. The molecule has 0 heterocycles. The number of benzene rings is 1. The molecular weight excluding hydrogens is 202 g/mol. The second kappa shape index (κ2) is 6.88. The maximum atomic E-state index is 11.8. The van der Waals surface area contributed by atoms with Gasteiger partial charge in [0, 0.05) is 6.54 Å². The van der Waals surface area contributed by atoms with Gasteiger partial charge in [0.1, 0.15) is 5.75 Å². The van der Waals surface area contributed by atoms with E-state index in [1.807, 2.05) is 32.0 Å². The van der Waals surface area contributed by atoms with Crippen LogP contribution in [-0.2, 0) is 0 Å². The Kier molecular flexibility index (Phi) is 5.40. The number of amides is 1. The van der Waals surface area contributed by atoms with Crippen molar-refractivity contribution in [2.75, 3.05) is 13.2 Å². The van der Waals surface area contributed by atoms with E-state index in [0.29, 0.717) is 24.5 Å². The van der Waals surface area contributed by atoms with Crippen LogP contribution in [0.3, 0.4) is 0 Å². The predicted molar refractivity (Wildman–Crippen MR) is 64.9 cm³/mol. The van der Waals surface area contributed by atoms with Crippen molar-refractivity contribution in [2.24, 2.45) is 0 Å². The van der Waals surface area contributed by atoms with Crippen LogP contribution in [0.15, 0.2) is 24.3 Å². The van der Waals surface area contributed by atoms with E-state index in [4.69, 9.17) is 4.74 Å². The van der Waals surface area contributed by atoms with Crippen molar-refractivity contribution in [3.8, 4) is 5.75 Å². The Bertz CT molecular complexity index is 336. The number of nitrogens with one attached hydrogen (secondary N) is 1. The smallest absolute Gasteiger partial charge is 0.255 e. The molecule has 1 N–H and O–H groups in total. The molecule has 3 nitrogen and oxygen atoms in total. The summed E-state index contributed by atoms with van der Waals surface area (Å²) >= 11 is 0. The summed E-state index contributed by atoms with van der Waals surface area (Å²) in [5.74, 6) is 0.603. The zero-order valence-electron chi connectivity index (χ0n) is 9.95. The second-order valence-electron chi connectivity index (χ2n) is 3.60. The molecule has 0 aliphatic rings. The third kappa shape index (κ3) is 3.57. The number of hydrogen-bond donors (Lipinski definition) is 1. The normalized spacial score (nSPS) is 9.88. The summed E-state index contributed by atoms with van der Waals surface area (Å²) in [6.07, 6.45) is 1.87. The summed E-state index contributed by atoms with van der Waals surface area (Å²) in [6.45, 7) is 5.40. The zero-order chi connectivity index (χ0) is 11.8. The second-order valence-corrected chi connectivity index (χ2v) is 3.60. The van der Waals surface area contributed by atoms with Crippen molar-refractivity contribution >= 4 is 5.91 Å². The van der Waals surface area contributed by atoms with Gasteiger partial charge in [0.2, 0.25) is 0 Å². The molecular formula is C13H19NO2. The highest BCUT2D eigenvalue weighted by atomic mass is 16.5. The van der Waals surface area contributed by atoms with Gasteiger partial charge in [0.05, 0.1) is 12.2 Å². The molecule has 16 heavy (non-hydrogen) atoms. The molecule has 88 valence electrons. The lowest BCUT2D eigenvalue weighted by atomic mass is 10.2. The molecule has 1 amide bonds. The van der Waals surface area contributed by atoms with Crippen LogP contribution >= 0.6 is 0 Å². The van der Waals surface area contributed by atoms with E-state index >= 15 is 0 Å². The zero-order valence-corrected chi connectivity index (χ0v) is 9.95. The third-order valence-corrected chi connectivity index (χ3v) is 2.13. The summed E-state index contributed by atoms with van der Waals surface area (Å²) in [4.78, 5) is 11.8. The Morgan fingerprint density at radius 1 is 1.25 bits per heavy atom. The first-order valence-corrected chi connectivity index (χ1v) is 5.79. The molecule has 0 bridgehead atoms. The van der Waals surface area contributed by atoms with Crippen molar-refractivity contribution in [3.63, 3.8) is 0 Å². The number of rotatable bonds is 6. The van der Waals surface area contributed by atoms with Crippen LogP contribution in [0.5, 0.6) is 5.75 Å². The minimum absolute atomic E-state index is 0.0615. The maximum absolute atomic E-state index is 11.8. The van der Waals surface area contributed by atoms with Gasteiger partial charge < -0.3 is 10.1 Å². The summed E-state index contributed by atoms with van der Waals surface area (Å²) in [7, 11) is 0. The molecule has 0 saturated heterocycles. The topological polar surface area (TPSA) is 38.3 Å². The Hall–Kier alpha value is -1.51. The summed E-state index contributed by atoms with van der Waals surface area (Å²) in [6, 6.07) is 7.34. The van der Waals surface area contributed by atoms with Crippen LogP contribution < -0.4 is 10.1 Å². The fourth-order valence-corrected chi connectivity index (χ4v) is 1.33. The molecule has 1 rings (SSSR count). The van der Waals surface area contributed by atoms with E-state index in [1.54, 1.807) is 6.07 Å². The minimum atomic E-state index is -0.0615. The third-order valence-electron chi connectivity index (χ3n) is 2.13. The van der Waals surface area contributed by atoms with Crippen LogP contribution in [0.25, 0.3) is 0 Å². The number of ether oxygens (including phenoxy) is 1. The van der Waals surface area contributed by atoms with Crippen molar-refractivity contribution in [2.45, 2.75) is 26.7 Å². The quantitative estimate of drug-likeness (QED) is 0.802. The van der Waals surface area contributed by atoms with E-state index in [-0.39, 0.29) is 5.91 Å². The highest BCUT2D eigenvalue weighted by Crippen LogP contribution is 2.17. The molecule has 0 aliphatic heterocycles. The molecule has 0 spiro atoms. The molecule has 0 aliphatic carbocycles. The molecule has 1 aromatic carbocycles. The number of carbonyl (C=O) groups is 1. The minimum Gasteiger partial charge on any atom is -0.493 e. The molecule has 1 aromatic rings. The van der Waals surface area contributed by atoms with E-state index in [0.717, 1.165) is 12.8 Å². The van der Waals surface area contributed by atoms with Gasteiger partial charge in [-0.25, -0.2) is 0 Å². The van der Waals surface area contributed by atoms with E-state index in [1.165, 1.54) is 0 Å². The van der Waals surface area contributed by atoms with Gasteiger partial charge in [-0.1, -0.05) is 26.0 Å². The molecule has 0 atom stereocenters. The molecule has 0 radical (unpaired) electrons. The van der Waals surface area contributed by atoms with Crippen LogP contribution in [0, 0.1) is 0 Å². The lowest BCUT2D eigenvalue weighted by Gasteiger charge is -2.10. The van der Waals surface area contributed by atoms with Crippen molar-refractivity contribution in [1.82, 2.24) is 5.32 Å². The Labute approximate surface area is 96.8 Å². The summed E-state index contributed by atoms with van der Waals surface area (Å²) < 4.78 is 5.53. The van der Waals surface area contributed by atoms with Crippen LogP contribution in [0.4, 0.5) is 0 Å². The van der Waals surface area contributed by atoms with E-state index < -0.39 is 0 Å². The maximum Gasteiger partial charge on any atom is 0.255 e. The van der Waals surface area contributed by atoms with Crippen LogP contribution in [0.1, 0.15) is 37.0 Å². The van der Waals surface area contributed by atoms with Crippen molar-refractivity contribution < 1.29 is 9.53 Å². The van der Waals surface area contributed by atoms with Crippen LogP contribution in [0.2, 0.25) is 0 Å². The Morgan fingerprint density at radius 2 is 2.00 bits per heavy atom. The standard InChI is InChI=1S/C13H19NO2/c1-3-9-14-13(15)11-7-5-6-8-12(11)16-10-4-2/h5-8H,3-4,9-10H2,1-2H3,(H,14,15). The first kappa shape index (κ1) is 12.6. The van der Waals surface area contributed by atoms with Gasteiger partial charge in [0.25, 0.3) is 5.91 Å². The lowest BCUT2D eigenvalue weighted by Crippen LogP contribution is -2.24. The monoisotopic (exact) mass is 221 g/mol. The molecule has 0 unspecified atom stereocenters. The number of carbonyl (C=O) groups excluding carboxylic acids is 1. The SMILES string of the molecule is CCCNC(=O)c1ccccc1OCCC. The van der Waals surface area contributed by atoms with Crippen LogP contribution in [-0.4, -0.2) is 19.1 Å². The Morgan fingerprint density at radius 3 is 2.69 bits per heavy atom. The average molecular weight is 221 g/mol. The first-order valence-electron chi connectivity index (χ1n) is 5.79. The molecule has 0 saturated carbocycles. The lowest BCUT2D eigenvalue weighted by molar-refractivity contribution is 0.0949. The van der Waals surface area contributed by atoms with Gasteiger partial charge in [-0.2, -0.15) is 0 Å². The fourth-order valence-electron chi connectivity index (χ4n) is 1.33. The van der Waals surface area contributed by atoms with Gasteiger partial charge in [-0.3, -0.25) is 4.79 Å². The van der Waals surface area contributed by atoms with Crippen molar-refractivity contribution in [1.29, 1.82) is 0 Å². The first-order chi connectivity index (χ1) is 7.79. The van der Waals surface area contributed by atoms with E-state index in [2.05, 4.69) is 5.32 Å². The number of para-hydroxylation sites is 1. The van der Waals surface area contributed by atoms with Gasteiger partial charge in [-0.05, 0) is 25.0 Å². The molecule has 0 aromatic heterocycles. The Balaban J connectivity index is 2.73. The van der Waals surface area contributed by atoms with Gasteiger partial charge in [-0.15, -0.1) is 0 Å². The fraction of sp³-hybridized carbons (Fsp3) is 0.462. The highest BCUT2D eigenvalue weighted by molar-refractivity contribution is 5.96. The van der Waals surface area contributed by atoms with Gasteiger partial charge in [0.15, 0.2) is 0 Å². The van der Waals surface area contributed by atoms with E-state index in [9.17, 15) is 4.79 Å². The largest absolute Gasteiger partial charge is 0.493 e. The van der Waals surface area contributed by atoms with Crippen molar-refractivity contribution in [3.05, 3.63) is 29.8 Å². The predicted octanol–water partition coefficient (Wildman–Crippen LogP) is 2.62. The highest BCUT2D eigenvalue weighted by Gasteiger charge is 2.10. The molecule has 0 fully saturated rings. The summed E-state index contributed by atoms with van der Waals surface area (Å²) in [5.41, 5.74) is 0.615.